The second kappa shape index (κ2) is 8.39. The van der Waals surface area contributed by atoms with Crippen LogP contribution in [0.25, 0.3) is 0 Å². The van der Waals surface area contributed by atoms with Gasteiger partial charge in [-0.05, 0) is 48.9 Å². The molecule has 0 aliphatic carbocycles. The topological polar surface area (TPSA) is 111 Å². The smallest absolute Gasteiger partial charge is 0.262 e. The number of amides is 1. The Kier molecular flexibility index (Phi) is 5.86. The number of hydrogen-bond donors (Lipinski definition) is 3. The standard InChI is InChI=1S/C19H24N4O4S2/c24-18-15-12-23(9-5-13(15)4-8-21-18)29(26,27)16-6-10-28-17(16)19(25)22-11-14-3-1-2-7-20-14/h4,6,8,10,14,20H,1-3,5,7,9,11-12H2,(H,21,24)(H,22,25)/t14-/m1/s1. The molecule has 2 aliphatic heterocycles. The van der Waals surface area contributed by atoms with Gasteiger partial charge < -0.3 is 15.6 Å². The first-order valence-corrected chi connectivity index (χ1v) is 12.1. The highest BCUT2D eigenvalue weighted by Crippen LogP contribution is 2.28. The van der Waals surface area contributed by atoms with Crippen molar-refractivity contribution >= 4 is 27.3 Å². The monoisotopic (exact) mass is 436 g/mol. The minimum absolute atomic E-state index is 0.00686. The van der Waals surface area contributed by atoms with E-state index in [0.29, 0.717) is 18.5 Å². The van der Waals surface area contributed by atoms with Crippen LogP contribution in [0, 0.1) is 0 Å². The number of hydrogen-bond acceptors (Lipinski definition) is 6. The van der Waals surface area contributed by atoms with E-state index in [2.05, 4.69) is 15.6 Å². The molecule has 4 rings (SSSR count). The number of aromatic nitrogens is 1. The third-order valence-corrected chi connectivity index (χ3v) is 8.43. The molecule has 0 spiro atoms. The van der Waals surface area contributed by atoms with Gasteiger partial charge >= 0.3 is 0 Å². The lowest BCUT2D eigenvalue weighted by Crippen LogP contribution is -2.43. The molecule has 2 aliphatic rings. The highest BCUT2D eigenvalue weighted by Gasteiger charge is 2.33. The Hall–Kier alpha value is -2.01. The number of piperidine rings is 1. The molecule has 0 aromatic carbocycles. The Morgan fingerprint density at radius 2 is 2.17 bits per heavy atom. The van der Waals surface area contributed by atoms with Gasteiger partial charge in [0.05, 0.1) is 0 Å². The van der Waals surface area contributed by atoms with E-state index >= 15 is 0 Å². The molecule has 8 nitrogen and oxygen atoms in total. The maximum absolute atomic E-state index is 13.2. The van der Waals surface area contributed by atoms with Crippen LogP contribution in [0.2, 0.25) is 0 Å². The van der Waals surface area contributed by atoms with Gasteiger partial charge in [-0.25, -0.2) is 8.42 Å². The number of pyridine rings is 1. The van der Waals surface area contributed by atoms with E-state index in [1.54, 1.807) is 11.6 Å². The van der Waals surface area contributed by atoms with Gasteiger partial charge in [-0.3, -0.25) is 9.59 Å². The molecule has 29 heavy (non-hydrogen) atoms. The fourth-order valence-electron chi connectivity index (χ4n) is 3.86. The summed E-state index contributed by atoms with van der Waals surface area (Å²) in [6.07, 6.45) is 5.31. The van der Waals surface area contributed by atoms with E-state index in [0.717, 1.165) is 42.7 Å². The highest BCUT2D eigenvalue weighted by atomic mass is 32.2. The fraction of sp³-hybridized carbons (Fsp3) is 0.474. The largest absolute Gasteiger partial charge is 0.350 e. The van der Waals surface area contributed by atoms with Gasteiger partial charge in [-0.1, -0.05) is 6.42 Å². The summed E-state index contributed by atoms with van der Waals surface area (Å²) in [7, 11) is -3.88. The van der Waals surface area contributed by atoms with Crippen LogP contribution < -0.4 is 16.2 Å². The average Bonchev–Trinajstić information content (AvgIpc) is 3.24. The van der Waals surface area contributed by atoms with Gasteiger partial charge in [0.15, 0.2) is 0 Å². The number of carbonyl (C=O) groups is 1. The van der Waals surface area contributed by atoms with Crippen LogP contribution in [0.3, 0.4) is 0 Å². The number of carbonyl (C=O) groups excluding carboxylic acids is 1. The molecule has 2 aromatic heterocycles. The molecule has 1 saturated heterocycles. The summed E-state index contributed by atoms with van der Waals surface area (Å²) in [5, 5.41) is 7.84. The third kappa shape index (κ3) is 4.16. The Morgan fingerprint density at radius 3 is 2.97 bits per heavy atom. The molecule has 0 bridgehead atoms. The molecule has 0 saturated carbocycles. The fourth-order valence-corrected chi connectivity index (χ4v) is 6.59. The Balaban J connectivity index is 1.51. The summed E-state index contributed by atoms with van der Waals surface area (Å²) in [6.45, 7) is 1.70. The van der Waals surface area contributed by atoms with E-state index in [1.807, 2.05) is 6.07 Å². The van der Waals surface area contributed by atoms with E-state index in [-0.39, 0.29) is 40.4 Å². The zero-order valence-electron chi connectivity index (χ0n) is 15.9. The summed E-state index contributed by atoms with van der Waals surface area (Å²) in [6, 6.07) is 3.50. The summed E-state index contributed by atoms with van der Waals surface area (Å²) < 4.78 is 27.7. The maximum Gasteiger partial charge on any atom is 0.262 e. The zero-order chi connectivity index (χ0) is 20.4. The number of thiophene rings is 1. The van der Waals surface area contributed by atoms with Crippen molar-refractivity contribution in [2.45, 2.75) is 43.2 Å². The Labute approximate surface area is 173 Å². The van der Waals surface area contributed by atoms with Crippen LogP contribution in [-0.2, 0) is 23.0 Å². The molecule has 3 N–H and O–H groups in total. The highest BCUT2D eigenvalue weighted by molar-refractivity contribution is 7.89. The Bertz CT molecular complexity index is 1050. The van der Waals surface area contributed by atoms with Crippen LogP contribution in [0.15, 0.2) is 33.4 Å². The van der Waals surface area contributed by atoms with Crippen molar-refractivity contribution in [1.82, 2.24) is 19.9 Å². The molecule has 10 heteroatoms. The minimum atomic E-state index is -3.88. The second-order valence-electron chi connectivity index (χ2n) is 7.37. The number of nitrogens with zero attached hydrogens (tertiary/aromatic N) is 1. The van der Waals surface area contributed by atoms with E-state index < -0.39 is 10.0 Å². The van der Waals surface area contributed by atoms with Gasteiger partial charge in [0, 0.05) is 37.4 Å². The average molecular weight is 437 g/mol. The van der Waals surface area contributed by atoms with Crippen LogP contribution in [0.4, 0.5) is 0 Å². The molecule has 2 aromatic rings. The Morgan fingerprint density at radius 1 is 1.31 bits per heavy atom. The lowest BCUT2D eigenvalue weighted by atomic mass is 10.0. The summed E-state index contributed by atoms with van der Waals surface area (Å²) >= 11 is 1.12. The van der Waals surface area contributed by atoms with Crippen molar-refractivity contribution in [2.24, 2.45) is 0 Å². The lowest BCUT2D eigenvalue weighted by Gasteiger charge is -2.27. The molecule has 1 fully saturated rings. The van der Waals surface area contributed by atoms with Crippen molar-refractivity contribution in [3.63, 3.8) is 0 Å². The van der Waals surface area contributed by atoms with Crippen molar-refractivity contribution < 1.29 is 13.2 Å². The number of aromatic amines is 1. The van der Waals surface area contributed by atoms with Crippen LogP contribution in [0.1, 0.15) is 40.1 Å². The number of H-pyrrole nitrogens is 1. The van der Waals surface area contributed by atoms with Gasteiger partial charge in [0.1, 0.15) is 9.77 Å². The SMILES string of the molecule is O=C(NC[C@H]1CCCCN1)c1sccc1S(=O)(=O)N1CCc2cc[nH]c(=O)c2C1. The summed E-state index contributed by atoms with van der Waals surface area (Å²) in [5.74, 6) is -0.374. The molecule has 1 amide bonds. The maximum atomic E-state index is 13.2. The lowest BCUT2D eigenvalue weighted by molar-refractivity contribution is 0.0948. The third-order valence-electron chi connectivity index (χ3n) is 5.50. The number of nitrogens with one attached hydrogen (secondary N) is 3. The predicted molar refractivity (Wildman–Crippen MR) is 111 cm³/mol. The molecule has 1 atom stereocenters. The van der Waals surface area contributed by atoms with Gasteiger partial charge in [0.25, 0.3) is 11.5 Å². The van der Waals surface area contributed by atoms with Gasteiger partial charge in [0.2, 0.25) is 10.0 Å². The van der Waals surface area contributed by atoms with Crippen LogP contribution in [-0.4, -0.2) is 49.3 Å². The first-order valence-electron chi connectivity index (χ1n) is 9.75. The van der Waals surface area contributed by atoms with E-state index in [4.69, 9.17) is 0 Å². The zero-order valence-corrected chi connectivity index (χ0v) is 17.6. The first-order chi connectivity index (χ1) is 14.0. The van der Waals surface area contributed by atoms with Crippen molar-refractivity contribution in [1.29, 1.82) is 0 Å². The van der Waals surface area contributed by atoms with E-state index in [9.17, 15) is 18.0 Å². The predicted octanol–water partition coefficient (Wildman–Crippen LogP) is 1.06. The number of sulfonamides is 1. The first kappa shape index (κ1) is 20.3. The molecular formula is C19H24N4O4S2. The van der Waals surface area contributed by atoms with Gasteiger partial charge in [-0.2, -0.15) is 4.31 Å². The normalized spacial score (nSPS) is 20.2. The quantitative estimate of drug-likeness (QED) is 0.649. The van der Waals surface area contributed by atoms with Gasteiger partial charge in [-0.15, -0.1) is 11.3 Å². The van der Waals surface area contributed by atoms with E-state index in [1.165, 1.54) is 10.4 Å². The minimum Gasteiger partial charge on any atom is -0.350 e. The molecule has 4 heterocycles. The van der Waals surface area contributed by atoms with Crippen molar-refractivity contribution in [3.05, 3.63) is 50.1 Å². The summed E-state index contributed by atoms with van der Waals surface area (Å²) in [4.78, 5) is 27.6. The van der Waals surface area contributed by atoms with Crippen LogP contribution >= 0.6 is 11.3 Å². The summed E-state index contributed by atoms with van der Waals surface area (Å²) in [5.41, 5.74) is 1.06. The molecule has 0 radical (unpaired) electrons. The second-order valence-corrected chi connectivity index (χ2v) is 10.2. The number of rotatable bonds is 5. The van der Waals surface area contributed by atoms with Crippen molar-refractivity contribution in [2.75, 3.05) is 19.6 Å². The molecule has 0 unspecified atom stereocenters. The molecular weight excluding hydrogens is 412 g/mol. The molecule has 156 valence electrons. The van der Waals surface area contributed by atoms with Crippen LogP contribution in [0.5, 0.6) is 0 Å². The van der Waals surface area contributed by atoms with Crippen molar-refractivity contribution in [3.8, 4) is 0 Å². The number of fused-ring (bicyclic) bond motifs is 1.